The molecule has 0 aliphatic carbocycles. The molecule has 0 saturated carbocycles. The maximum Gasteiger partial charge on any atom is 0.343 e. The third-order valence-corrected chi connectivity index (χ3v) is 11.0. The number of aliphatic hydroxyl groups is 2. The number of carbonyl (C=O) groups excluding carboxylic acids is 1. The topological polar surface area (TPSA) is 111 Å². The Kier molecular flexibility index (Phi) is 6.08. The molecule has 2 aliphatic rings. The summed E-state index contributed by atoms with van der Waals surface area (Å²) in [6.45, 7) is 12.8. The fraction of sp³-hybridized carbons (Fsp3) is 0.464. The van der Waals surface area contributed by atoms with Crippen LogP contribution in [-0.4, -0.2) is 40.1 Å². The lowest BCUT2D eigenvalue weighted by molar-refractivity contribution is -0.172. The van der Waals surface area contributed by atoms with E-state index in [0.29, 0.717) is 41.2 Å². The number of nitrogens with zero attached hydrogens (tertiary/aromatic N) is 2. The fourth-order valence-corrected chi connectivity index (χ4v) is 6.38. The zero-order valence-electron chi connectivity index (χ0n) is 22.2. The van der Waals surface area contributed by atoms with Gasteiger partial charge in [-0.3, -0.25) is 4.79 Å². The molecular weight excluding hydrogens is 488 g/mol. The molecule has 0 amide bonds. The van der Waals surface area contributed by atoms with Crippen molar-refractivity contribution < 1.29 is 24.5 Å². The molecule has 0 saturated heterocycles. The van der Waals surface area contributed by atoms with E-state index in [4.69, 9.17) is 14.5 Å². The van der Waals surface area contributed by atoms with Crippen LogP contribution in [0.2, 0.25) is 19.6 Å². The first-order valence-corrected chi connectivity index (χ1v) is 16.5. The smallest absolute Gasteiger partial charge is 0.343 e. The normalized spacial score (nSPS) is 20.2. The molecule has 2 aromatic heterocycles. The van der Waals surface area contributed by atoms with Gasteiger partial charge in [-0.15, -0.1) is 0 Å². The van der Waals surface area contributed by atoms with Crippen LogP contribution in [0, 0.1) is 0 Å². The predicted octanol–water partition coefficient (Wildman–Crippen LogP) is 4.17. The van der Waals surface area contributed by atoms with Gasteiger partial charge in [0, 0.05) is 22.9 Å². The van der Waals surface area contributed by atoms with Crippen LogP contribution in [0.1, 0.15) is 61.4 Å². The van der Waals surface area contributed by atoms with Gasteiger partial charge in [0.25, 0.3) is 5.56 Å². The quantitative estimate of drug-likeness (QED) is 0.222. The lowest BCUT2D eigenvalue weighted by atomic mass is 9.86. The number of ether oxygens (including phenoxy) is 2. The minimum absolute atomic E-state index is 0.0953. The van der Waals surface area contributed by atoms with Crippen molar-refractivity contribution in [1.29, 1.82) is 0 Å². The number of aliphatic hydroxyl groups excluding tert-OH is 1. The number of hydrogen-bond acceptors (Lipinski definition) is 7. The molecule has 9 heteroatoms. The summed E-state index contributed by atoms with van der Waals surface area (Å²) in [5, 5.41) is 22.2. The minimum Gasteiger partial charge on any atom is -0.464 e. The maximum atomic E-state index is 13.5. The molecule has 37 heavy (non-hydrogen) atoms. The summed E-state index contributed by atoms with van der Waals surface area (Å²) in [7, 11) is -1.60. The number of benzene rings is 1. The number of cyclic esters (lactones) is 1. The number of carbonyl (C=O) groups is 1. The zero-order valence-corrected chi connectivity index (χ0v) is 23.2. The van der Waals surface area contributed by atoms with Gasteiger partial charge in [-0.25, -0.2) is 9.78 Å². The van der Waals surface area contributed by atoms with E-state index in [9.17, 15) is 19.8 Å². The summed E-state index contributed by atoms with van der Waals surface area (Å²) in [6.07, 6.45) is -0.397. The first kappa shape index (κ1) is 25.6. The Morgan fingerprint density at radius 1 is 1.22 bits per heavy atom. The van der Waals surface area contributed by atoms with E-state index in [1.165, 1.54) is 0 Å². The van der Waals surface area contributed by atoms with Gasteiger partial charge in [-0.1, -0.05) is 46.5 Å². The SMILES string of the molecule is CCC(O)Oc1ccc(C(C)[Si](C)(C)C)c2nc3c(cc12)Cn1c-3cc2c(c1=O)COC(=O)[C@]2(O)CC. The number of aromatic nitrogens is 2. The van der Waals surface area contributed by atoms with Gasteiger partial charge in [-0.2, -0.15) is 0 Å². The van der Waals surface area contributed by atoms with E-state index in [1.54, 1.807) is 17.6 Å². The van der Waals surface area contributed by atoms with Gasteiger partial charge in [-0.05, 0) is 35.7 Å². The van der Waals surface area contributed by atoms with Crippen molar-refractivity contribution >= 4 is 24.9 Å². The zero-order chi connectivity index (χ0) is 26.9. The molecule has 2 unspecified atom stereocenters. The largest absolute Gasteiger partial charge is 0.464 e. The third kappa shape index (κ3) is 3.91. The summed E-state index contributed by atoms with van der Waals surface area (Å²) < 4.78 is 12.7. The third-order valence-electron chi connectivity index (χ3n) is 8.05. The van der Waals surface area contributed by atoms with Crippen molar-refractivity contribution in [2.24, 2.45) is 0 Å². The number of hydrogen-bond donors (Lipinski definition) is 2. The molecule has 0 fully saturated rings. The molecule has 3 atom stereocenters. The van der Waals surface area contributed by atoms with Crippen LogP contribution in [0.5, 0.6) is 5.75 Å². The molecule has 2 N–H and O–H groups in total. The summed E-state index contributed by atoms with van der Waals surface area (Å²) in [5.74, 6) is -0.188. The molecule has 196 valence electrons. The second-order valence-corrected chi connectivity index (χ2v) is 16.8. The molecule has 1 aromatic carbocycles. The number of fused-ring (bicyclic) bond motifs is 5. The molecule has 0 bridgehead atoms. The Bertz CT molecular complexity index is 1490. The molecular formula is C28H34N2O6Si. The van der Waals surface area contributed by atoms with Gasteiger partial charge in [0.2, 0.25) is 0 Å². The number of rotatable bonds is 6. The van der Waals surface area contributed by atoms with E-state index >= 15 is 0 Å². The number of pyridine rings is 2. The van der Waals surface area contributed by atoms with Crippen LogP contribution in [-0.2, 0) is 28.3 Å². The first-order chi connectivity index (χ1) is 17.4. The lowest BCUT2D eigenvalue weighted by Gasteiger charge is -2.31. The van der Waals surface area contributed by atoms with Crippen molar-refractivity contribution in [3.63, 3.8) is 0 Å². The van der Waals surface area contributed by atoms with Crippen LogP contribution in [0.25, 0.3) is 22.3 Å². The first-order valence-electron chi connectivity index (χ1n) is 12.9. The van der Waals surface area contributed by atoms with Crippen molar-refractivity contribution in [2.75, 3.05) is 0 Å². The average Bonchev–Trinajstić information content (AvgIpc) is 3.22. The maximum absolute atomic E-state index is 13.5. The molecule has 0 radical (unpaired) electrons. The van der Waals surface area contributed by atoms with Crippen molar-refractivity contribution in [3.05, 3.63) is 56.9 Å². The second-order valence-electron chi connectivity index (χ2n) is 11.2. The van der Waals surface area contributed by atoms with Crippen molar-refractivity contribution in [2.45, 2.75) is 83.8 Å². The monoisotopic (exact) mass is 522 g/mol. The molecule has 4 heterocycles. The van der Waals surface area contributed by atoms with Gasteiger partial charge < -0.3 is 24.3 Å². The summed E-state index contributed by atoms with van der Waals surface area (Å²) >= 11 is 0. The summed E-state index contributed by atoms with van der Waals surface area (Å²) in [4.78, 5) is 31.1. The molecule has 3 aromatic rings. The highest BCUT2D eigenvalue weighted by Gasteiger charge is 2.45. The van der Waals surface area contributed by atoms with Crippen LogP contribution in [0.15, 0.2) is 29.1 Å². The lowest BCUT2D eigenvalue weighted by Crippen LogP contribution is -2.44. The van der Waals surface area contributed by atoms with Crippen LogP contribution in [0.3, 0.4) is 0 Å². The average molecular weight is 523 g/mol. The minimum atomic E-state index is -1.86. The Balaban J connectivity index is 1.78. The van der Waals surface area contributed by atoms with Crippen LogP contribution in [0.4, 0.5) is 0 Å². The molecule has 8 nitrogen and oxygen atoms in total. The van der Waals surface area contributed by atoms with E-state index < -0.39 is 25.9 Å². The molecule has 0 spiro atoms. The second kappa shape index (κ2) is 8.78. The van der Waals surface area contributed by atoms with Crippen molar-refractivity contribution in [1.82, 2.24) is 9.55 Å². The fourth-order valence-electron chi connectivity index (χ4n) is 5.21. The van der Waals surface area contributed by atoms with E-state index in [-0.39, 0.29) is 24.1 Å². The summed E-state index contributed by atoms with van der Waals surface area (Å²) in [5.41, 5.74) is 2.69. The van der Waals surface area contributed by atoms with E-state index in [1.807, 2.05) is 25.1 Å². The van der Waals surface area contributed by atoms with Gasteiger partial charge >= 0.3 is 5.97 Å². The van der Waals surface area contributed by atoms with Gasteiger partial charge in [0.05, 0.1) is 37.1 Å². The number of esters is 1. The Labute approximate surface area is 216 Å². The summed E-state index contributed by atoms with van der Waals surface area (Å²) in [6, 6.07) is 7.66. The highest BCUT2D eigenvalue weighted by atomic mass is 28.3. The highest BCUT2D eigenvalue weighted by molar-refractivity contribution is 6.77. The van der Waals surface area contributed by atoms with Crippen LogP contribution >= 0.6 is 0 Å². The highest BCUT2D eigenvalue weighted by Crippen LogP contribution is 2.42. The standard InChI is InChI=1S/C28H34N2O6Si/c1-7-23(31)36-22-10-9-17(15(3)37(4,5)6)25-18(22)11-16-13-30-21(24(16)29-25)12-20-19(26(30)32)14-35-27(33)28(20,34)8-2/h9-12,15,23,31,34H,7-8,13-14H2,1-6H3/t15?,23?,28-/m0/s1. The Hall–Kier alpha value is -3.01. The van der Waals surface area contributed by atoms with Gasteiger partial charge in [0.15, 0.2) is 11.9 Å². The van der Waals surface area contributed by atoms with Crippen LogP contribution < -0.4 is 10.3 Å². The molecule has 2 aliphatic heterocycles. The Morgan fingerprint density at radius 2 is 1.95 bits per heavy atom. The van der Waals surface area contributed by atoms with Crippen molar-refractivity contribution in [3.8, 4) is 17.1 Å². The van der Waals surface area contributed by atoms with Gasteiger partial charge in [0.1, 0.15) is 12.4 Å². The predicted molar refractivity (Wildman–Crippen MR) is 143 cm³/mol. The molecule has 5 rings (SSSR count). The van der Waals surface area contributed by atoms with E-state index in [2.05, 4.69) is 26.6 Å². The Morgan fingerprint density at radius 3 is 2.59 bits per heavy atom. The van der Waals surface area contributed by atoms with E-state index in [0.717, 1.165) is 22.0 Å².